The number of rotatable bonds is 37. The van der Waals surface area contributed by atoms with Gasteiger partial charge in [0, 0.05) is 18.1 Å². The smallest absolute Gasteiger partial charge is 0.326 e. The highest BCUT2D eigenvalue weighted by Crippen LogP contribution is 2.12. The number of carboxylic acid groups (broad SMARTS) is 3. The van der Waals surface area contributed by atoms with Gasteiger partial charge in [-0.1, -0.05) is 41.5 Å². The number of thiol groups is 2. The van der Waals surface area contributed by atoms with Crippen LogP contribution in [0.3, 0.4) is 0 Å². The Kier molecular flexibility index (Phi) is 32.6. The fraction of sp³-hybridized carbons (Fsp3) is 0.705. The molecule has 0 aliphatic heterocycles. The van der Waals surface area contributed by atoms with Crippen LogP contribution in [0.5, 0.6) is 0 Å². The Morgan fingerprint density at radius 1 is 0.507 bits per heavy atom. The van der Waals surface area contributed by atoms with Crippen LogP contribution in [0.25, 0.3) is 0 Å². The van der Waals surface area contributed by atoms with Crippen molar-refractivity contribution in [2.24, 2.45) is 45.7 Å². The third kappa shape index (κ3) is 27.6. The molecule has 9 atom stereocenters. The Labute approximate surface area is 445 Å². The zero-order valence-electron chi connectivity index (χ0n) is 43.0. The van der Waals surface area contributed by atoms with E-state index in [1.807, 2.05) is 0 Å². The van der Waals surface area contributed by atoms with Crippen LogP contribution in [0.15, 0.2) is 4.99 Å². The number of carboxylic acids is 3. The number of carbonyl (C=O) groups excluding carboxylic acids is 9. The Bertz CT molecular complexity index is 2010. The van der Waals surface area contributed by atoms with E-state index < -0.39 is 157 Å². The standard InChI is InChI=1S/C44H78N14O15S2/c1-20(2)14-26(37(66)54-28(16-32(62)63)39(68)58-33(21(3)4)41(70)53-25(43(72)73)10-7-8-12-45)55-42(71)34(22(5)6)57-38(67)27(15-31(60)61)51-30(59)17-50-36(65)24(11-9-13-49-44(47)48)52-40(69)29(19-75)56-35(64)23(46)18-74/h20-29,33-34,74-75H,7-19,45-46H2,1-6H3,(H,50,65)(H,51,59)(H,52,69)(H,53,70)(H,54,66)(H,55,71)(H,56,64)(H,57,67)(H,58,68)(H,60,61)(H,62,63)(H,72,73)(H4,47,48,49)/t23-,24-,25-,26-,27-,28-,29-,33-,34-/m0/s1. The van der Waals surface area contributed by atoms with Crippen molar-refractivity contribution in [3.05, 3.63) is 0 Å². The number of aliphatic imine (C=N–C) groups is 1. The van der Waals surface area contributed by atoms with Crippen LogP contribution in [0.1, 0.15) is 92.9 Å². The largest absolute Gasteiger partial charge is 0.481 e. The number of nitrogens with two attached hydrogens (primary N) is 4. The summed E-state index contributed by atoms with van der Waals surface area (Å²) in [6.07, 6.45) is -1.16. The van der Waals surface area contributed by atoms with E-state index in [0.29, 0.717) is 19.4 Å². The molecule has 0 radical (unpaired) electrons. The molecular formula is C44H78N14O15S2. The van der Waals surface area contributed by atoms with Crippen molar-refractivity contribution in [1.82, 2.24) is 47.9 Å². The number of amides is 9. The van der Waals surface area contributed by atoms with Gasteiger partial charge in [-0.2, -0.15) is 25.3 Å². The van der Waals surface area contributed by atoms with Crippen molar-refractivity contribution < 1.29 is 72.9 Å². The zero-order chi connectivity index (χ0) is 57.7. The highest BCUT2D eigenvalue weighted by atomic mass is 32.1. The van der Waals surface area contributed by atoms with Gasteiger partial charge in [0.05, 0.1) is 25.4 Å². The van der Waals surface area contributed by atoms with Crippen LogP contribution >= 0.6 is 25.3 Å². The average Bonchev–Trinajstić information content (AvgIpc) is 3.31. The van der Waals surface area contributed by atoms with E-state index in [2.05, 4.69) is 78.1 Å². The Hall–Kier alpha value is -6.47. The molecule has 75 heavy (non-hydrogen) atoms. The minimum Gasteiger partial charge on any atom is -0.481 e. The summed E-state index contributed by atoms with van der Waals surface area (Å²) in [7, 11) is 0. The van der Waals surface area contributed by atoms with Crippen molar-refractivity contribution in [3.8, 4) is 0 Å². The second-order valence-electron chi connectivity index (χ2n) is 18.5. The summed E-state index contributed by atoms with van der Waals surface area (Å²) < 4.78 is 0. The molecule has 426 valence electrons. The summed E-state index contributed by atoms with van der Waals surface area (Å²) in [4.78, 5) is 160. The second-order valence-corrected chi connectivity index (χ2v) is 19.2. The number of carbonyl (C=O) groups is 12. The number of guanidine groups is 1. The maximum atomic E-state index is 13.9. The van der Waals surface area contributed by atoms with Gasteiger partial charge >= 0.3 is 17.9 Å². The Morgan fingerprint density at radius 2 is 0.947 bits per heavy atom. The Morgan fingerprint density at radius 3 is 1.39 bits per heavy atom. The first-order valence-corrected chi connectivity index (χ1v) is 25.3. The topological polar surface area (TPSA) is 490 Å². The van der Waals surface area contributed by atoms with Crippen LogP contribution in [0.4, 0.5) is 0 Å². The number of aliphatic carboxylic acids is 3. The van der Waals surface area contributed by atoms with Crippen molar-refractivity contribution in [3.63, 3.8) is 0 Å². The van der Waals surface area contributed by atoms with E-state index >= 15 is 0 Å². The van der Waals surface area contributed by atoms with Crippen LogP contribution in [-0.4, -0.2) is 178 Å². The van der Waals surface area contributed by atoms with Crippen LogP contribution in [0, 0.1) is 17.8 Å². The van der Waals surface area contributed by atoms with Crippen molar-refractivity contribution in [1.29, 1.82) is 0 Å². The van der Waals surface area contributed by atoms with Gasteiger partial charge in [-0.15, -0.1) is 0 Å². The summed E-state index contributed by atoms with van der Waals surface area (Å²) in [6.45, 7) is 8.87. The van der Waals surface area contributed by atoms with Gasteiger partial charge < -0.3 is 86.1 Å². The average molecular weight is 1110 g/mol. The van der Waals surface area contributed by atoms with E-state index in [-0.39, 0.29) is 55.6 Å². The van der Waals surface area contributed by atoms with Gasteiger partial charge in [-0.3, -0.25) is 57.7 Å². The molecule has 0 aromatic rings. The lowest BCUT2D eigenvalue weighted by Crippen LogP contribution is -2.61. The number of unbranched alkanes of at least 4 members (excludes halogenated alkanes) is 1. The molecule has 20 N–H and O–H groups in total. The van der Waals surface area contributed by atoms with E-state index in [1.165, 1.54) is 27.7 Å². The van der Waals surface area contributed by atoms with E-state index in [1.54, 1.807) is 13.8 Å². The van der Waals surface area contributed by atoms with Crippen molar-refractivity contribution in [2.75, 3.05) is 31.1 Å². The molecule has 9 amide bonds. The van der Waals surface area contributed by atoms with Gasteiger partial charge in [-0.05, 0) is 62.8 Å². The number of hydrogen-bond donors (Lipinski definition) is 18. The summed E-state index contributed by atoms with van der Waals surface area (Å²) in [6, 6.07) is -13.1. The quantitative estimate of drug-likeness (QED) is 0.0120. The third-order valence-electron chi connectivity index (χ3n) is 10.8. The van der Waals surface area contributed by atoms with Gasteiger partial charge in [0.2, 0.25) is 53.2 Å². The molecular weight excluding hydrogens is 1030 g/mol. The molecule has 0 aromatic heterocycles. The van der Waals surface area contributed by atoms with E-state index in [9.17, 15) is 72.9 Å². The van der Waals surface area contributed by atoms with Gasteiger partial charge in [0.25, 0.3) is 0 Å². The molecule has 0 bridgehead atoms. The molecule has 0 rings (SSSR count). The third-order valence-corrected chi connectivity index (χ3v) is 11.5. The number of hydrogen-bond acceptors (Lipinski definition) is 17. The molecule has 0 unspecified atom stereocenters. The summed E-state index contributed by atoms with van der Waals surface area (Å²) in [5, 5.41) is 50.2. The summed E-state index contributed by atoms with van der Waals surface area (Å²) in [5.41, 5.74) is 21.9. The van der Waals surface area contributed by atoms with E-state index in [0.717, 1.165) is 0 Å². The van der Waals surface area contributed by atoms with Gasteiger partial charge in [0.15, 0.2) is 5.96 Å². The minimum atomic E-state index is -1.85. The molecule has 0 heterocycles. The highest BCUT2D eigenvalue weighted by Gasteiger charge is 2.36. The first-order chi connectivity index (χ1) is 35.0. The molecule has 0 spiro atoms. The lowest BCUT2D eigenvalue weighted by Gasteiger charge is -2.29. The zero-order valence-corrected chi connectivity index (χ0v) is 44.8. The first-order valence-electron chi connectivity index (χ1n) is 24.1. The predicted molar refractivity (Wildman–Crippen MR) is 278 cm³/mol. The maximum absolute atomic E-state index is 13.9. The molecule has 31 heteroatoms. The fourth-order valence-corrected chi connectivity index (χ4v) is 7.15. The van der Waals surface area contributed by atoms with Crippen LogP contribution < -0.4 is 70.8 Å². The van der Waals surface area contributed by atoms with Crippen LogP contribution in [-0.2, 0) is 57.5 Å². The fourth-order valence-electron chi connectivity index (χ4n) is 6.73. The molecule has 0 fully saturated rings. The number of nitrogens with one attached hydrogen (secondary N) is 9. The van der Waals surface area contributed by atoms with E-state index in [4.69, 9.17) is 22.9 Å². The van der Waals surface area contributed by atoms with Crippen molar-refractivity contribution >= 4 is 102 Å². The second kappa shape index (κ2) is 35.7. The predicted octanol–water partition coefficient (Wildman–Crippen LogP) is -5.26. The lowest BCUT2D eigenvalue weighted by molar-refractivity contribution is -0.143. The SMILES string of the molecule is CC(C)C[C@H](NC(=O)[C@@H](NC(=O)[C@H](CC(=O)O)NC(=O)CNC(=O)[C@H](CCCN=C(N)N)NC(=O)[C@H](CS)NC(=O)[C@@H](N)CS)C(C)C)C(=O)N[C@@H](CC(=O)O)C(=O)N[C@H](C(=O)N[C@@H](CCCCN)C(=O)O)C(C)C. The molecule has 29 nitrogen and oxygen atoms in total. The molecule has 0 saturated heterocycles. The Balaban J connectivity index is 6.33. The maximum Gasteiger partial charge on any atom is 0.326 e. The summed E-state index contributed by atoms with van der Waals surface area (Å²) in [5.74, 6) is -15.5. The minimum absolute atomic E-state index is 0.0313. The monoisotopic (exact) mass is 1110 g/mol. The van der Waals surface area contributed by atoms with Crippen molar-refractivity contribution in [2.45, 2.75) is 147 Å². The summed E-state index contributed by atoms with van der Waals surface area (Å²) >= 11 is 8.04. The normalized spacial score (nSPS) is 14.7. The van der Waals surface area contributed by atoms with Crippen LogP contribution in [0.2, 0.25) is 0 Å². The lowest BCUT2D eigenvalue weighted by atomic mass is 9.98. The molecule has 0 aliphatic carbocycles. The molecule has 0 aromatic carbocycles. The molecule has 0 saturated carbocycles. The molecule has 0 aliphatic rings. The number of nitrogens with zero attached hydrogens (tertiary/aromatic N) is 1. The van der Waals surface area contributed by atoms with Gasteiger partial charge in [-0.25, -0.2) is 4.79 Å². The highest BCUT2D eigenvalue weighted by molar-refractivity contribution is 7.80. The van der Waals surface area contributed by atoms with Gasteiger partial charge in [0.1, 0.15) is 48.3 Å². The first kappa shape index (κ1) is 68.5.